The largest absolute Gasteiger partial charge is 0.484 e. The fraction of sp³-hybridized carbons (Fsp3) is 0.417. The molecule has 0 amide bonds. The molecule has 198 valence electrons. The molecule has 0 fully saturated rings. The van der Waals surface area contributed by atoms with Gasteiger partial charge in [0.2, 0.25) is 0 Å². The van der Waals surface area contributed by atoms with Crippen molar-refractivity contribution in [3.8, 4) is 28.6 Å². The molecule has 0 spiro atoms. The molecule has 9 nitrogen and oxygen atoms in total. The Labute approximate surface area is 212 Å². The van der Waals surface area contributed by atoms with Gasteiger partial charge in [-0.2, -0.15) is 0 Å². The lowest BCUT2D eigenvalue weighted by Gasteiger charge is -2.26. The van der Waals surface area contributed by atoms with Crippen LogP contribution in [0, 0.1) is 5.82 Å². The molecule has 0 bridgehead atoms. The van der Waals surface area contributed by atoms with E-state index in [0.29, 0.717) is 11.3 Å². The summed E-state index contributed by atoms with van der Waals surface area (Å²) in [7, 11) is -1.23. The van der Waals surface area contributed by atoms with Crippen LogP contribution in [-0.4, -0.2) is 55.7 Å². The topological polar surface area (TPSA) is 129 Å². The molecule has 0 saturated heterocycles. The maximum atomic E-state index is 15.1. The van der Waals surface area contributed by atoms with E-state index in [4.69, 9.17) is 15.0 Å². The first-order valence-electron chi connectivity index (χ1n) is 11.4. The number of hydrogen-bond donors (Lipinski definition) is 1. The van der Waals surface area contributed by atoms with Crippen LogP contribution < -0.4 is 10.5 Å². The van der Waals surface area contributed by atoms with Crippen LogP contribution in [0.1, 0.15) is 32.8 Å². The number of aromatic nitrogens is 3. The van der Waals surface area contributed by atoms with Crippen molar-refractivity contribution in [1.82, 2.24) is 15.1 Å². The molecule has 0 unspecified atom stereocenters. The van der Waals surface area contributed by atoms with E-state index in [-0.39, 0.29) is 40.8 Å². The number of alkyl halides is 2. The number of nitrogens with two attached hydrogens (primary N) is 1. The van der Waals surface area contributed by atoms with Crippen LogP contribution in [0.15, 0.2) is 50.5 Å². The van der Waals surface area contributed by atoms with Crippen molar-refractivity contribution < 1.29 is 26.6 Å². The highest BCUT2D eigenvalue weighted by Crippen LogP contribution is 2.39. The molecule has 37 heavy (non-hydrogen) atoms. The first-order chi connectivity index (χ1) is 17.4. The Morgan fingerprint density at radius 3 is 2.57 bits per heavy atom. The normalized spacial score (nSPS) is 23.4. The summed E-state index contributed by atoms with van der Waals surface area (Å²) < 4.78 is 66.7. The third-order valence-corrected chi connectivity index (χ3v) is 9.67. The van der Waals surface area contributed by atoms with E-state index in [1.165, 1.54) is 31.6 Å². The molecule has 0 saturated carbocycles. The van der Waals surface area contributed by atoms with E-state index in [9.17, 15) is 13.0 Å². The summed E-state index contributed by atoms with van der Waals surface area (Å²) in [5.74, 6) is 0.449. The summed E-state index contributed by atoms with van der Waals surface area (Å²) in [6.07, 6.45) is 0.167. The van der Waals surface area contributed by atoms with Crippen molar-refractivity contribution in [3.05, 3.63) is 48.0 Å². The molecule has 3 heterocycles. The molecule has 1 aromatic carbocycles. The summed E-state index contributed by atoms with van der Waals surface area (Å²) in [4.78, 5) is 12.8. The van der Waals surface area contributed by atoms with Crippen molar-refractivity contribution in [2.24, 2.45) is 15.1 Å². The Morgan fingerprint density at radius 1 is 1.22 bits per heavy atom. The predicted molar refractivity (Wildman–Crippen MR) is 133 cm³/mol. The molecule has 0 aliphatic carbocycles. The van der Waals surface area contributed by atoms with Gasteiger partial charge in [0.15, 0.2) is 23.0 Å². The smallest absolute Gasteiger partial charge is 0.272 e. The zero-order valence-corrected chi connectivity index (χ0v) is 21.6. The van der Waals surface area contributed by atoms with Crippen molar-refractivity contribution in [1.29, 1.82) is 0 Å². The zero-order chi connectivity index (χ0) is 27.0. The first-order valence-corrected chi connectivity index (χ1v) is 13.1. The number of amidine groups is 1. The molecule has 1 aliphatic heterocycles. The van der Waals surface area contributed by atoms with Gasteiger partial charge in [-0.3, -0.25) is 4.99 Å². The van der Waals surface area contributed by atoms with Gasteiger partial charge in [-0.15, -0.1) is 0 Å². The van der Waals surface area contributed by atoms with Gasteiger partial charge in [0.25, 0.3) is 6.43 Å². The van der Waals surface area contributed by atoms with E-state index in [1.54, 1.807) is 32.9 Å². The van der Waals surface area contributed by atoms with Crippen molar-refractivity contribution in [2.45, 2.75) is 43.9 Å². The SMILES string of the molecule is CN=[S@]1(=O)CC[C@@](C)(c2cc(-c3cc(-c4ncc(OCC(F)F)cn4)no3)ccc2F)N=C(N)C1(C)C. The van der Waals surface area contributed by atoms with Gasteiger partial charge in [-0.25, -0.2) is 31.7 Å². The molecular formula is C24H27F3N6O3S. The van der Waals surface area contributed by atoms with Gasteiger partial charge in [0.1, 0.15) is 23.0 Å². The lowest BCUT2D eigenvalue weighted by molar-refractivity contribution is 0.0815. The fourth-order valence-electron chi connectivity index (χ4n) is 4.02. The summed E-state index contributed by atoms with van der Waals surface area (Å²) in [6.45, 7) is 4.45. The number of ether oxygens (including phenoxy) is 1. The molecular weight excluding hydrogens is 509 g/mol. The minimum absolute atomic E-state index is 0.0930. The number of nitrogens with zero attached hydrogens (tertiary/aromatic N) is 5. The second-order valence-electron chi connectivity index (χ2n) is 9.27. The van der Waals surface area contributed by atoms with Gasteiger partial charge in [-0.1, -0.05) is 5.16 Å². The second-order valence-corrected chi connectivity index (χ2v) is 12.3. The highest BCUT2D eigenvalue weighted by molar-refractivity contribution is 7.95. The number of hydrogen-bond acceptors (Lipinski definition) is 9. The van der Waals surface area contributed by atoms with E-state index in [1.807, 2.05) is 0 Å². The summed E-state index contributed by atoms with van der Waals surface area (Å²) in [5.41, 5.74) is 6.27. The molecule has 2 aromatic heterocycles. The predicted octanol–water partition coefficient (Wildman–Crippen LogP) is 4.43. The fourth-order valence-corrected chi connectivity index (χ4v) is 6.21. The Kier molecular flexibility index (Phi) is 7.01. The third-order valence-electron chi connectivity index (χ3n) is 6.52. The Hall–Kier alpha value is -3.48. The van der Waals surface area contributed by atoms with Crippen LogP contribution in [0.2, 0.25) is 0 Å². The average molecular weight is 537 g/mol. The van der Waals surface area contributed by atoms with Crippen LogP contribution in [0.25, 0.3) is 22.8 Å². The average Bonchev–Trinajstić information content (AvgIpc) is 3.34. The minimum Gasteiger partial charge on any atom is -0.484 e. The van der Waals surface area contributed by atoms with Crippen LogP contribution in [0.5, 0.6) is 5.75 Å². The van der Waals surface area contributed by atoms with Gasteiger partial charge in [0.05, 0.1) is 27.7 Å². The lowest BCUT2D eigenvalue weighted by atomic mass is 9.87. The quantitative estimate of drug-likeness (QED) is 0.493. The Morgan fingerprint density at radius 2 is 1.92 bits per heavy atom. The third kappa shape index (κ3) is 5.04. The van der Waals surface area contributed by atoms with E-state index in [2.05, 4.69) is 24.5 Å². The highest BCUT2D eigenvalue weighted by atomic mass is 32.2. The standard InChI is InChI=1S/C24H27F3N6O3S/c1-23(2)22(28)32-24(3,7-8-37(23,34)29-4)16-9-14(5-6-17(16)25)19-10-18(33-36-19)21-30-11-15(12-31-21)35-13-20(26)27/h5-6,9-12,20H,7-8,13H2,1-4H3,(H2,28,32)/t24-,37-/m0/s1. The highest BCUT2D eigenvalue weighted by Gasteiger charge is 2.43. The maximum absolute atomic E-state index is 15.1. The van der Waals surface area contributed by atoms with Crippen molar-refractivity contribution in [2.75, 3.05) is 19.4 Å². The zero-order valence-electron chi connectivity index (χ0n) is 20.7. The maximum Gasteiger partial charge on any atom is 0.272 e. The number of rotatable bonds is 6. The van der Waals surface area contributed by atoms with Crippen molar-refractivity contribution >= 4 is 15.6 Å². The lowest BCUT2D eigenvalue weighted by Crippen LogP contribution is -2.45. The van der Waals surface area contributed by atoms with Gasteiger partial charge < -0.3 is 15.0 Å². The van der Waals surface area contributed by atoms with E-state index < -0.39 is 38.9 Å². The molecule has 0 radical (unpaired) electrons. The monoisotopic (exact) mass is 536 g/mol. The minimum atomic E-state index is -2.73. The molecule has 2 atom stereocenters. The molecule has 3 aromatic rings. The molecule has 13 heteroatoms. The van der Waals surface area contributed by atoms with Gasteiger partial charge >= 0.3 is 0 Å². The van der Waals surface area contributed by atoms with Gasteiger partial charge in [-0.05, 0) is 45.4 Å². The van der Waals surface area contributed by atoms with Crippen LogP contribution in [0.3, 0.4) is 0 Å². The first kappa shape index (κ1) is 26.6. The van der Waals surface area contributed by atoms with Crippen LogP contribution in [0.4, 0.5) is 13.2 Å². The van der Waals surface area contributed by atoms with Crippen molar-refractivity contribution in [3.63, 3.8) is 0 Å². The number of aliphatic imine (C=N–C) groups is 1. The second kappa shape index (κ2) is 9.77. The van der Waals surface area contributed by atoms with Crippen LogP contribution >= 0.6 is 0 Å². The molecule has 2 N–H and O–H groups in total. The van der Waals surface area contributed by atoms with E-state index in [0.717, 1.165) is 0 Å². The molecule has 1 aliphatic rings. The van der Waals surface area contributed by atoms with Gasteiger partial charge in [0, 0.05) is 30.0 Å². The summed E-state index contributed by atoms with van der Waals surface area (Å²) in [5, 5.41) is 3.97. The van der Waals surface area contributed by atoms with Crippen LogP contribution in [-0.2, 0) is 15.3 Å². The summed E-state index contributed by atoms with van der Waals surface area (Å²) >= 11 is 0. The number of halogens is 3. The van der Waals surface area contributed by atoms with E-state index >= 15 is 4.39 Å². The Bertz CT molecular complexity index is 1450. The number of benzene rings is 1. The summed E-state index contributed by atoms with van der Waals surface area (Å²) in [6, 6.07) is 6.01. The molecule has 4 rings (SSSR count). The Balaban J connectivity index is 1.66.